The molecule has 0 fully saturated rings. The molecular weight excluding hydrogens is 449 g/mol. The molecule has 0 radical (unpaired) electrons. The number of carbonyl (C=O) groups excluding carboxylic acids is 1. The first-order chi connectivity index (χ1) is 16.2. The number of benzene rings is 2. The zero-order valence-corrected chi connectivity index (χ0v) is 18.3. The average Bonchev–Trinajstić information content (AvgIpc) is 3.08. The quantitative estimate of drug-likeness (QED) is 0.363. The Morgan fingerprint density at radius 1 is 1.06 bits per heavy atom. The van der Waals surface area contributed by atoms with E-state index in [1.807, 2.05) is 6.07 Å². The fourth-order valence-electron chi connectivity index (χ4n) is 3.25. The van der Waals surface area contributed by atoms with Crippen molar-refractivity contribution in [3.8, 4) is 11.5 Å². The monoisotopic (exact) mass is 470 g/mol. The number of anilines is 3. The van der Waals surface area contributed by atoms with Crippen LogP contribution < -0.4 is 20.7 Å². The van der Waals surface area contributed by atoms with Gasteiger partial charge in [0.15, 0.2) is 0 Å². The summed E-state index contributed by atoms with van der Waals surface area (Å²) in [5.74, 6) is 1.60. The molecule has 4 rings (SSSR count). The molecule has 0 saturated heterocycles. The van der Waals surface area contributed by atoms with E-state index in [0.29, 0.717) is 34.5 Å². The highest BCUT2D eigenvalue weighted by atomic mass is 19.4. The van der Waals surface area contributed by atoms with Gasteiger partial charge in [-0.05, 0) is 49.5 Å². The predicted octanol–water partition coefficient (Wildman–Crippen LogP) is 4.68. The lowest BCUT2D eigenvalue weighted by atomic mass is 10.2. The summed E-state index contributed by atoms with van der Waals surface area (Å²) < 4.78 is 46.0. The van der Waals surface area contributed by atoms with Crippen molar-refractivity contribution in [1.29, 1.82) is 0 Å². The van der Waals surface area contributed by atoms with Crippen molar-refractivity contribution in [1.82, 2.24) is 19.9 Å². The van der Waals surface area contributed by atoms with Crippen molar-refractivity contribution in [3.63, 3.8) is 0 Å². The van der Waals surface area contributed by atoms with Gasteiger partial charge in [0.1, 0.15) is 17.3 Å². The minimum atomic E-state index is -4.39. The first-order valence-corrected chi connectivity index (χ1v) is 10.2. The van der Waals surface area contributed by atoms with Crippen LogP contribution in [-0.4, -0.2) is 34.0 Å². The molecule has 2 aromatic heterocycles. The van der Waals surface area contributed by atoms with Gasteiger partial charge in [0.05, 0.1) is 23.1 Å². The van der Waals surface area contributed by atoms with Crippen molar-refractivity contribution in [2.24, 2.45) is 7.05 Å². The number of halogens is 3. The largest absolute Gasteiger partial charge is 0.457 e. The number of nitrogens with zero attached hydrogens (tertiary/aromatic N) is 3. The smallest absolute Gasteiger partial charge is 0.416 e. The van der Waals surface area contributed by atoms with Crippen molar-refractivity contribution in [2.45, 2.75) is 6.18 Å². The van der Waals surface area contributed by atoms with Crippen LogP contribution in [0.25, 0.3) is 11.0 Å². The van der Waals surface area contributed by atoms with Gasteiger partial charge in [-0.3, -0.25) is 4.79 Å². The minimum absolute atomic E-state index is 0.159. The Morgan fingerprint density at radius 3 is 2.50 bits per heavy atom. The second-order valence-electron chi connectivity index (χ2n) is 7.40. The summed E-state index contributed by atoms with van der Waals surface area (Å²) in [5.41, 5.74) is 1.20. The summed E-state index contributed by atoms with van der Waals surface area (Å²) in [4.78, 5) is 20.4. The zero-order chi connectivity index (χ0) is 24.3. The molecule has 0 saturated carbocycles. The number of alkyl halides is 3. The molecule has 0 aliphatic rings. The van der Waals surface area contributed by atoms with E-state index < -0.39 is 11.7 Å². The number of hydrogen-bond acceptors (Lipinski definition) is 6. The number of fused-ring (bicyclic) bond motifs is 1. The molecule has 34 heavy (non-hydrogen) atoms. The molecule has 3 N–H and O–H groups in total. The summed E-state index contributed by atoms with van der Waals surface area (Å²) in [6.07, 6.45) is -2.86. The highest BCUT2D eigenvalue weighted by Crippen LogP contribution is 2.31. The van der Waals surface area contributed by atoms with Crippen LogP contribution in [0.1, 0.15) is 5.56 Å². The molecule has 11 heteroatoms. The van der Waals surface area contributed by atoms with Gasteiger partial charge in [-0.25, -0.2) is 9.97 Å². The van der Waals surface area contributed by atoms with Crippen LogP contribution in [0.2, 0.25) is 0 Å². The minimum Gasteiger partial charge on any atom is -0.457 e. The number of hydrogen-bond donors (Lipinski definition) is 3. The number of ether oxygens (including phenoxy) is 1. The van der Waals surface area contributed by atoms with Crippen LogP contribution in [0.4, 0.5) is 30.6 Å². The number of rotatable bonds is 7. The fraction of sp³-hybridized carbons (Fsp3) is 0.174. The maximum absolute atomic E-state index is 12.8. The maximum atomic E-state index is 12.8. The van der Waals surface area contributed by atoms with Crippen molar-refractivity contribution in [3.05, 3.63) is 66.4 Å². The van der Waals surface area contributed by atoms with Crippen LogP contribution in [0.5, 0.6) is 11.5 Å². The second kappa shape index (κ2) is 9.40. The maximum Gasteiger partial charge on any atom is 0.416 e. The van der Waals surface area contributed by atoms with Crippen molar-refractivity contribution >= 4 is 34.4 Å². The van der Waals surface area contributed by atoms with Crippen LogP contribution in [0.3, 0.4) is 0 Å². The van der Waals surface area contributed by atoms with Crippen molar-refractivity contribution in [2.75, 3.05) is 24.2 Å². The third-order valence-electron chi connectivity index (χ3n) is 4.89. The molecule has 0 aliphatic heterocycles. The van der Waals surface area contributed by atoms with Crippen LogP contribution in [-0.2, 0) is 18.0 Å². The van der Waals surface area contributed by atoms with Gasteiger partial charge < -0.3 is 25.3 Å². The first kappa shape index (κ1) is 23.1. The fourth-order valence-corrected chi connectivity index (χ4v) is 3.25. The third-order valence-corrected chi connectivity index (χ3v) is 4.89. The molecular formula is C23H21F3N6O2. The molecule has 0 aliphatic carbocycles. The van der Waals surface area contributed by atoms with Crippen LogP contribution >= 0.6 is 0 Å². The lowest BCUT2D eigenvalue weighted by molar-refractivity contribution is -0.137. The molecule has 176 valence electrons. The number of amides is 1. The van der Waals surface area contributed by atoms with Gasteiger partial charge in [-0.2, -0.15) is 13.2 Å². The summed E-state index contributed by atoms with van der Waals surface area (Å²) in [6, 6.07) is 13.3. The molecule has 1 amide bonds. The number of likely N-dealkylation sites (N-methyl/N-ethyl adjacent to an activating group) is 1. The van der Waals surface area contributed by atoms with E-state index in [9.17, 15) is 18.0 Å². The Labute approximate surface area is 192 Å². The number of carbonyl (C=O) groups is 1. The summed E-state index contributed by atoms with van der Waals surface area (Å²) in [5, 5.41) is 8.46. The number of aryl methyl sites for hydroxylation is 1. The van der Waals surface area contributed by atoms with Gasteiger partial charge in [0, 0.05) is 31.1 Å². The summed E-state index contributed by atoms with van der Waals surface area (Å²) >= 11 is 0. The lowest BCUT2D eigenvalue weighted by Gasteiger charge is -2.09. The predicted molar refractivity (Wildman–Crippen MR) is 122 cm³/mol. The molecule has 0 spiro atoms. The highest BCUT2D eigenvalue weighted by Gasteiger charge is 2.30. The Balaban J connectivity index is 1.51. The van der Waals surface area contributed by atoms with Gasteiger partial charge in [0.25, 0.3) is 0 Å². The number of aromatic nitrogens is 3. The number of nitrogens with one attached hydrogen (secondary N) is 3. The summed E-state index contributed by atoms with van der Waals surface area (Å²) in [7, 11) is 3.47. The molecule has 8 nitrogen and oxygen atoms in total. The SMILES string of the molecule is CNCC(=O)Nc1cc(Oc2ccc3c(c2)nc(Nc2ccc(C(F)(F)F)cc2)n3C)ccn1. The molecule has 2 heterocycles. The topological polar surface area (TPSA) is 93.1 Å². The second-order valence-corrected chi connectivity index (χ2v) is 7.40. The molecule has 4 aromatic rings. The Kier molecular flexibility index (Phi) is 6.37. The van der Waals surface area contributed by atoms with Gasteiger partial charge in [-0.1, -0.05) is 0 Å². The van der Waals surface area contributed by atoms with Crippen molar-refractivity contribution < 1.29 is 22.7 Å². The van der Waals surface area contributed by atoms with Crippen LogP contribution in [0.15, 0.2) is 60.8 Å². The van der Waals surface area contributed by atoms with E-state index in [-0.39, 0.29) is 12.5 Å². The van der Waals surface area contributed by atoms with Gasteiger partial charge in [-0.15, -0.1) is 0 Å². The molecule has 0 unspecified atom stereocenters. The third kappa shape index (κ3) is 5.26. The number of imidazole rings is 1. The van der Waals surface area contributed by atoms with Gasteiger partial charge >= 0.3 is 6.18 Å². The summed E-state index contributed by atoms with van der Waals surface area (Å²) in [6.45, 7) is 0.159. The van der Waals surface area contributed by atoms with E-state index >= 15 is 0 Å². The normalized spacial score (nSPS) is 11.4. The zero-order valence-electron chi connectivity index (χ0n) is 18.3. The molecule has 2 aromatic carbocycles. The Hall–Kier alpha value is -4.12. The Bertz CT molecular complexity index is 1320. The van der Waals surface area contributed by atoms with E-state index in [2.05, 4.69) is 25.9 Å². The standard InChI is InChI=1S/C23H21F3N6O2/c1-27-13-21(33)31-20-12-17(9-10-28-20)34-16-7-8-19-18(11-16)30-22(32(19)2)29-15-5-3-14(4-6-15)23(24,25)26/h3-12,27H,13H2,1-2H3,(H,29,30)(H,28,31,33). The van der Waals surface area contributed by atoms with E-state index in [0.717, 1.165) is 17.6 Å². The molecule has 0 bridgehead atoms. The number of pyridine rings is 1. The van der Waals surface area contributed by atoms with E-state index in [1.54, 1.807) is 42.9 Å². The van der Waals surface area contributed by atoms with E-state index in [1.165, 1.54) is 18.3 Å². The van der Waals surface area contributed by atoms with Gasteiger partial charge in [0.2, 0.25) is 11.9 Å². The first-order valence-electron chi connectivity index (χ1n) is 10.2. The Morgan fingerprint density at radius 2 is 1.79 bits per heavy atom. The van der Waals surface area contributed by atoms with Crippen LogP contribution in [0, 0.1) is 0 Å². The van der Waals surface area contributed by atoms with E-state index in [4.69, 9.17) is 4.74 Å². The highest BCUT2D eigenvalue weighted by molar-refractivity contribution is 5.91. The lowest BCUT2D eigenvalue weighted by Crippen LogP contribution is -2.25. The average molecular weight is 470 g/mol. The molecule has 0 atom stereocenters.